The third-order valence-electron chi connectivity index (χ3n) is 3.43. The molecule has 2 rings (SSSR count). The van der Waals surface area contributed by atoms with E-state index < -0.39 is 0 Å². The molecule has 1 amide bonds. The van der Waals surface area contributed by atoms with E-state index in [9.17, 15) is 4.79 Å². The predicted molar refractivity (Wildman–Crippen MR) is 85.8 cm³/mol. The summed E-state index contributed by atoms with van der Waals surface area (Å²) in [5.74, 6) is 0.0734. The summed E-state index contributed by atoms with van der Waals surface area (Å²) < 4.78 is 0. The molecule has 0 aliphatic rings. The zero-order valence-corrected chi connectivity index (χ0v) is 12.5. The van der Waals surface area contributed by atoms with E-state index in [1.165, 1.54) is 0 Å². The highest BCUT2D eigenvalue weighted by molar-refractivity contribution is 5.94. The van der Waals surface area contributed by atoms with Crippen LogP contribution in [-0.4, -0.2) is 17.4 Å². The summed E-state index contributed by atoms with van der Waals surface area (Å²) in [7, 11) is 0. The lowest BCUT2D eigenvalue weighted by Gasteiger charge is -2.22. The quantitative estimate of drug-likeness (QED) is 0.884. The van der Waals surface area contributed by atoms with E-state index in [2.05, 4.69) is 6.92 Å². The standard InChI is InChI=1S/C18H22N2O/c1-2-12-20(14-16-6-4-3-5-7-16)18(21)17-10-8-15(13-19)9-11-17/h3-11H,2,12-14,19H2,1H3. The van der Waals surface area contributed by atoms with Crippen LogP contribution in [0.3, 0.4) is 0 Å². The maximum absolute atomic E-state index is 12.6. The van der Waals surface area contributed by atoms with Gasteiger partial charge in [0.1, 0.15) is 0 Å². The Kier molecular flexibility index (Phi) is 5.52. The number of nitrogens with two attached hydrogens (primary N) is 1. The smallest absolute Gasteiger partial charge is 0.254 e. The van der Waals surface area contributed by atoms with Gasteiger partial charge in [-0.2, -0.15) is 0 Å². The van der Waals surface area contributed by atoms with Crippen molar-refractivity contribution in [2.75, 3.05) is 6.54 Å². The largest absolute Gasteiger partial charge is 0.334 e. The Labute approximate surface area is 126 Å². The van der Waals surface area contributed by atoms with Crippen molar-refractivity contribution in [1.29, 1.82) is 0 Å². The maximum Gasteiger partial charge on any atom is 0.254 e. The van der Waals surface area contributed by atoms with E-state index in [1.807, 2.05) is 59.5 Å². The molecule has 110 valence electrons. The van der Waals surface area contributed by atoms with Crippen molar-refractivity contribution in [3.05, 3.63) is 71.3 Å². The molecule has 0 aromatic heterocycles. The Balaban J connectivity index is 2.14. The van der Waals surface area contributed by atoms with E-state index in [-0.39, 0.29) is 5.91 Å². The van der Waals surface area contributed by atoms with Crippen LogP contribution < -0.4 is 5.73 Å². The van der Waals surface area contributed by atoms with Crippen LogP contribution in [-0.2, 0) is 13.1 Å². The van der Waals surface area contributed by atoms with Gasteiger partial charge in [-0.05, 0) is 29.7 Å². The maximum atomic E-state index is 12.6. The van der Waals surface area contributed by atoms with Crippen LogP contribution in [0.15, 0.2) is 54.6 Å². The van der Waals surface area contributed by atoms with Crippen LogP contribution in [0.4, 0.5) is 0 Å². The molecule has 0 spiro atoms. The Morgan fingerprint density at radius 1 is 1.00 bits per heavy atom. The summed E-state index contributed by atoms with van der Waals surface area (Å²) in [6, 6.07) is 17.6. The van der Waals surface area contributed by atoms with Gasteiger partial charge in [0, 0.05) is 25.2 Å². The van der Waals surface area contributed by atoms with Crippen molar-refractivity contribution in [2.24, 2.45) is 5.73 Å². The second-order valence-corrected chi connectivity index (χ2v) is 5.11. The molecular weight excluding hydrogens is 260 g/mol. The van der Waals surface area contributed by atoms with Gasteiger partial charge in [0.15, 0.2) is 0 Å². The number of benzene rings is 2. The van der Waals surface area contributed by atoms with Crippen LogP contribution in [0, 0.1) is 0 Å². The molecule has 21 heavy (non-hydrogen) atoms. The topological polar surface area (TPSA) is 46.3 Å². The fourth-order valence-electron chi connectivity index (χ4n) is 2.29. The summed E-state index contributed by atoms with van der Waals surface area (Å²) in [5.41, 5.74) is 8.50. The van der Waals surface area contributed by atoms with Crippen molar-refractivity contribution in [3.8, 4) is 0 Å². The molecule has 3 nitrogen and oxygen atoms in total. The highest BCUT2D eigenvalue weighted by atomic mass is 16.2. The summed E-state index contributed by atoms with van der Waals surface area (Å²) in [4.78, 5) is 14.5. The number of hydrogen-bond donors (Lipinski definition) is 1. The van der Waals surface area contributed by atoms with Crippen LogP contribution >= 0.6 is 0 Å². The van der Waals surface area contributed by atoms with Crippen LogP contribution in [0.2, 0.25) is 0 Å². The summed E-state index contributed by atoms with van der Waals surface area (Å²) >= 11 is 0. The lowest BCUT2D eigenvalue weighted by molar-refractivity contribution is 0.0743. The number of rotatable bonds is 6. The molecule has 0 saturated heterocycles. The van der Waals surface area contributed by atoms with Gasteiger partial charge in [-0.3, -0.25) is 4.79 Å². The minimum atomic E-state index is 0.0734. The fourth-order valence-corrected chi connectivity index (χ4v) is 2.29. The van der Waals surface area contributed by atoms with Gasteiger partial charge < -0.3 is 10.6 Å². The average Bonchev–Trinajstić information content (AvgIpc) is 2.55. The second-order valence-electron chi connectivity index (χ2n) is 5.11. The van der Waals surface area contributed by atoms with E-state index in [1.54, 1.807) is 0 Å². The number of hydrogen-bond acceptors (Lipinski definition) is 2. The van der Waals surface area contributed by atoms with Gasteiger partial charge >= 0.3 is 0 Å². The first-order valence-corrected chi connectivity index (χ1v) is 7.36. The SMILES string of the molecule is CCCN(Cc1ccccc1)C(=O)c1ccc(CN)cc1. The molecule has 0 saturated carbocycles. The zero-order valence-electron chi connectivity index (χ0n) is 12.5. The number of nitrogens with zero attached hydrogens (tertiary/aromatic N) is 1. The van der Waals surface area contributed by atoms with Crippen LogP contribution in [0.1, 0.15) is 34.8 Å². The highest BCUT2D eigenvalue weighted by Gasteiger charge is 2.15. The Bertz CT molecular complexity index is 564. The van der Waals surface area contributed by atoms with E-state index in [0.29, 0.717) is 13.1 Å². The Hall–Kier alpha value is -2.13. The molecule has 0 heterocycles. The number of carbonyl (C=O) groups is 1. The van der Waals surface area contributed by atoms with Gasteiger partial charge in [-0.25, -0.2) is 0 Å². The first-order chi connectivity index (χ1) is 10.2. The van der Waals surface area contributed by atoms with Crippen molar-refractivity contribution < 1.29 is 4.79 Å². The summed E-state index contributed by atoms with van der Waals surface area (Å²) in [6.45, 7) is 3.98. The minimum Gasteiger partial charge on any atom is -0.334 e. The third-order valence-corrected chi connectivity index (χ3v) is 3.43. The molecule has 0 atom stereocenters. The van der Waals surface area contributed by atoms with E-state index in [4.69, 9.17) is 5.73 Å². The molecule has 2 aromatic carbocycles. The molecular formula is C18H22N2O. The van der Waals surface area contributed by atoms with Gasteiger partial charge in [-0.15, -0.1) is 0 Å². The monoisotopic (exact) mass is 282 g/mol. The second kappa shape index (κ2) is 7.60. The molecule has 2 aromatic rings. The molecule has 0 aliphatic heterocycles. The first kappa shape index (κ1) is 15.3. The van der Waals surface area contributed by atoms with Gasteiger partial charge in [0.25, 0.3) is 5.91 Å². The normalized spacial score (nSPS) is 10.4. The predicted octanol–water partition coefficient (Wildman–Crippen LogP) is 3.20. The Morgan fingerprint density at radius 3 is 2.24 bits per heavy atom. The zero-order chi connectivity index (χ0) is 15.1. The molecule has 0 unspecified atom stereocenters. The van der Waals surface area contributed by atoms with Crippen molar-refractivity contribution >= 4 is 5.91 Å². The van der Waals surface area contributed by atoms with Gasteiger partial charge in [-0.1, -0.05) is 49.4 Å². The van der Waals surface area contributed by atoms with Crippen molar-refractivity contribution in [1.82, 2.24) is 4.90 Å². The molecule has 0 aliphatic carbocycles. The highest BCUT2D eigenvalue weighted by Crippen LogP contribution is 2.12. The summed E-state index contributed by atoms with van der Waals surface area (Å²) in [6.07, 6.45) is 0.944. The Morgan fingerprint density at radius 2 is 1.67 bits per heavy atom. The van der Waals surface area contributed by atoms with E-state index in [0.717, 1.165) is 29.7 Å². The van der Waals surface area contributed by atoms with Crippen LogP contribution in [0.25, 0.3) is 0 Å². The molecule has 0 fully saturated rings. The average molecular weight is 282 g/mol. The van der Waals surface area contributed by atoms with Crippen molar-refractivity contribution in [3.63, 3.8) is 0 Å². The number of amides is 1. The first-order valence-electron chi connectivity index (χ1n) is 7.36. The van der Waals surface area contributed by atoms with Crippen LogP contribution in [0.5, 0.6) is 0 Å². The van der Waals surface area contributed by atoms with Crippen molar-refractivity contribution in [2.45, 2.75) is 26.4 Å². The lowest BCUT2D eigenvalue weighted by atomic mass is 10.1. The minimum absolute atomic E-state index is 0.0734. The molecule has 3 heteroatoms. The van der Waals surface area contributed by atoms with E-state index >= 15 is 0 Å². The fraction of sp³-hybridized carbons (Fsp3) is 0.278. The molecule has 2 N–H and O–H groups in total. The number of carbonyl (C=O) groups excluding carboxylic acids is 1. The molecule has 0 radical (unpaired) electrons. The third kappa shape index (κ3) is 4.17. The van der Waals surface area contributed by atoms with Gasteiger partial charge in [0.2, 0.25) is 0 Å². The van der Waals surface area contributed by atoms with Gasteiger partial charge in [0.05, 0.1) is 0 Å². The summed E-state index contributed by atoms with van der Waals surface area (Å²) in [5, 5.41) is 0. The lowest BCUT2D eigenvalue weighted by Crippen LogP contribution is -2.31. The molecule has 0 bridgehead atoms.